The molecule has 0 bridgehead atoms. The molecule has 6 heteroatoms. The third kappa shape index (κ3) is 8.94. The van der Waals surface area contributed by atoms with E-state index in [1.54, 1.807) is 16.9 Å². The predicted octanol–water partition coefficient (Wildman–Crippen LogP) is 12.8. The molecule has 1 aromatic heterocycles. The monoisotopic (exact) mass is 698 g/mol. The fourth-order valence-corrected chi connectivity index (χ4v) is 11.9. The predicted molar refractivity (Wildman–Crippen MR) is 209 cm³/mol. The zero-order valence-corrected chi connectivity index (χ0v) is 35.1. The lowest BCUT2D eigenvalue weighted by atomic mass is 9.60. The van der Waals surface area contributed by atoms with E-state index in [1.807, 2.05) is 6.07 Å². The second-order valence-electron chi connectivity index (χ2n) is 18.8. The zero-order valence-electron chi connectivity index (χ0n) is 32.3. The lowest BCUT2D eigenvalue weighted by Gasteiger charge is -2.46. The smallest absolute Gasteiger partial charge is 0.192 e. The Bertz CT molecular complexity index is 1260. The van der Waals surface area contributed by atoms with Crippen molar-refractivity contribution in [3.05, 3.63) is 57.8 Å². The van der Waals surface area contributed by atoms with Gasteiger partial charge in [-0.3, -0.25) is 0 Å². The summed E-state index contributed by atoms with van der Waals surface area (Å²) in [6.45, 7) is 33.3. The molecule has 3 saturated carbocycles. The van der Waals surface area contributed by atoms with E-state index in [-0.39, 0.29) is 28.4 Å². The molecule has 0 spiro atoms. The third-order valence-electron chi connectivity index (χ3n) is 13.5. The molecular formula is C41H70O3SSi2. The molecule has 4 rings (SSSR count). The van der Waals surface area contributed by atoms with Crippen LogP contribution in [0.2, 0.25) is 36.3 Å². The van der Waals surface area contributed by atoms with Crippen LogP contribution in [0.25, 0.3) is 0 Å². The molecule has 0 saturated heterocycles. The summed E-state index contributed by atoms with van der Waals surface area (Å²) >= 11 is 1.67. The number of aliphatic hydroxyl groups is 1. The Labute approximate surface area is 296 Å². The Morgan fingerprint density at radius 1 is 1.02 bits per heavy atom. The molecule has 1 heterocycles. The second-order valence-corrected chi connectivity index (χ2v) is 29.3. The van der Waals surface area contributed by atoms with Gasteiger partial charge in [0.05, 0.1) is 18.3 Å². The molecule has 47 heavy (non-hydrogen) atoms. The zero-order chi connectivity index (χ0) is 35.0. The van der Waals surface area contributed by atoms with Gasteiger partial charge in [0.15, 0.2) is 16.6 Å². The Morgan fingerprint density at radius 3 is 2.30 bits per heavy atom. The van der Waals surface area contributed by atoms with Crippen molar-refractivity contribution in [1.82, 2.24) is 0 Å². The van der Waals surface area contributed by atoms with Gasteiger partial charge in [0.2, 0.25) is 0 Å². The van der Waals surface area contributed by atoms with E-state index in [2.05, 4.69) is 105 Å². The second kappa shape index (κ2) is 14.8. The molecule has 3 aliphatic carbocycles. The van der Waals surface area contributed by atoms with Gasteiger partial charge in [0, 0.05) is 11.3 Å². The summed E-state index contributed by atoms with van der Waals surface area (Å²) in [6.07, 6.45) is 16.4. The van der Waals surface area contributed by atoms with Crippen LogP contribution in [0.15, 0.2) is 53.0 Å². The van der Waals surface area contributed by atoms with Crippen molar-refractivity contribution in [2.24, 2.45) is 23.2 Å². The number of hydrogen-bond donors (Lipinski definition) is 1. The molecule has 1 unspecified atom stereocenters. The quantitative estimate of drug-likeness (QED) is 0.234. The molecule has 0 radical (unpaired) electrons. The third-order valence-corrected chi connectivity index (χ3v) is 23.5. The van der Waals surface area contributed by atoms with Crippen LogP contribution in [0.3, 0.4) is 0 Å². The maximum Gasteiger partial charge on any atom is 0.192 e. The fraction of sp³-hybridized carbons (Fsp3) is 0.756. The van der Waals surface area contributed by atoms with E-state index in [4.69, 9.17) is 15.4 Å². The first-order valence-electron chi connectivity index (χ1n) is 18.8. The van der Waals surface area contributed by atoms with Crippen molar-refractivity contribution in [2.75, 3.05) is 0 Å². The summed E-state index contributed by atoms with van der Waals surface area (Å²) in [6, 6.07) is 4.11. The molecule has 1 N–H and O–H groups in total. The van der Waals surface area contributed by atoms with Crippen LogP contribution in [0.5, 0.6) is 0 Å². The van der Waals surface area contributed by atoms with Gasteiger partial charge in [-0.2, -0.15) is 0 Å². The van der Waals surface area contributed by atoms with Gasteiger partial charge in [0.25, 0.3) is 0 Å². The van der Waals surface area contributed by atoms with Crippen molar-refractivity contribution in [3.63, 3.8) is 0 Å². The van der Waals surface area contributed by atoms with Crippen LogP contribution in [0, 0.1) is 23.2 Å². The van der Waals surface area contributed by atoms with Crippen LogP contribution in [-0.4, -0.2) is 33.9 Å². The Hall–Kier alpha value is -0.766. The molecule has 3 nitrogen and oxygen atoms in total. The summed E-state index contributed by atoms with van der Waals surface area (Å²) in [4.78, 5) is 1.11. The number of rotatable bonds is 11. The minimum atomic E-state index is -1.98. The first kappa shape index (κ1) is 39.0. The van der Waals surface area contributed by atoms with E-state index in [0.29, 0.717) is 17.3 Å². The topological polar surface area (TPSA) is 38.7 Å². The van der Waals surface area contributed by atoms with Crippen LogP contribution < -0.4 is 0 Å². The maximum absolute atomic E-state index is 10.6. The molecule has 7 atom stereocenters. The van der Waals surface area contributed by atoms with Gasteiger partial charge < -0.3 is 14.0 Å². The van der Waals surface area contributed by atoms with Crippen LogP contribution in [0.4, 0.5) is 0 Å². The SMILES string of the molecule is C=C1/C(=C\C=C2/CCC[C@]3(C)[C@@H]([C@H](C)CCCC(O)c4cccs4)CC[C@@H]23)C[C@@H](O[Si](C)(C)C(C)(C)C)C[C@@H]1O[Si](C)(C)C(C)(C)C. The molecular weight excluding hydrogens is 629 g/mol. The lowest BCUT2D eigenvalue weighted by molar-refractivity contribution is 0.0899. The van der Waals surface area contributed by atoms with Crippen molar-refractivity contribution in [1.29, 1.82) is 0 Å². The highest BCUT2D eigenvalue weighted by molar-refractivity contribution is 7.10. The van der Waals surface area contributed by atoms with Crippen LogP contribution in [0.1, 0.15) is 131 Å². The van der Waals surface area contributed by atoms with Gasteiger partial charge in [0.1, 0.15) is 0 Å². The van der Waals surface area contributed by atoms with Gasteiger partial charge in [-0.25, -0.2) is 0 Å². The Morgan fingerprint density at radius 2 is 1.68 bits per heavy atom. The van der Waals surface area contributed by atoms with Crippen LogP contribution >= 0.6 is 11.3 Å². The summed E-state index contributed by atoms with van der Waals surface area (Å²) in [5, 5.41) is 13.0. The lowest BCUT2D eigenvalue weighted by Crippen LogP contribution is -2.49. The molecule has 3 aliphatic rings. The van der Waals surface area contributed by atoms with Crippen molar-refractivity contribution >= 4 is 28.0 Å². The Balaban J connectivity index is 1.51. The molecule has 266 valence electrons. The molecule has 0 aliphatic heterocycles. The molecule has 3 fully saturated rings. The normalized spacial score (nSPS) is 31.0. The van der Waals surface area contributed by atoms with Crippen molar-refractivity contribution < 1.29 is 14.0 Å². The summed E-state index contributed by atoms with van der Waals surface area (Å²) in [5.41, 5.74) is 4.56. The number of thiophene rings is 1. The number of fused-ring (bicyclic) bond motifs is 1. The summed E-state index contributed by atoms with van der Waals surface area (Å²) in [5.74, 6) is 2.13. The van der Waals surface area contributed by atoms with E-state index in [0.717, 1.165) is 36.5 Å². The van der Waals surface area contributed by atoms with Gasteiger partial charge >= 0.3 is 0 Å². The number of allylic oxidation sites excluding steroid dienone is 3. The van der Waals surface area contributed by atoms with Crippen molar-refractivity contribution in [2.45, 2.75) is 174 Å². The minimum absolute atomic E-state index is 0.0238. The van der Waals surface area contributed by atoms with Gasteiger partial charge in [-0.05, 0) is 127 Å². The average molecular weight is 699 g/mol. The standard InChI is InChI=1S/C41H70O3SSi2/c1-29(17-14-19-36(42)38-20-16-26-45-38)34-23-24-35-31(18-15-25-41(34,35)9)21-22-32-27-33(43-46(10,11)39(3,4)5)28-37(30(32)2)44-47(12,13)40(6,7)8/h16,20-22,26,29,33-37,42H,2,14-15,17-19,23-25,27-28H2,1,3-13H3/b31-21+,32-22-/t29-,33-,34-,35+,36?,37+,41-/m1/s1. The first-order valence-corrected chi connectivity index (χ1v) is 25.5. The van der Waals surface area contributed by atoms with E-state index in [1.165, 1.54) is 49.7 Å². The fourth-order valence-electron chi connectivity index (χ4n) is 8.44. The number of hydrogen-bond acceptors (Lipinski definition) is 4. The maximum atomic E-state index is 10.6. The van der Waals surface area contributed by atoms with E-state index >= 15 is 0 Å². The highest BCUT2D eigenvalue weighted by atomic mass is 32.1. The summed E-state index contributed by atoms with van der Waals surface area (Å²) in [7, 11) is -3.91. The van der Waals surface area contributed by atoms with Crippen molar-refractivity contribution in [3.8, 4) is 0 Å². The molecule has 1 aromatic rings. The Kier molecular flexibility index (Phi) is 12.3. The largest absolute Gasteiger partial charge is 0.413 e. The number of aliphatic hydroxyl groups excluding tert-OH is 1. The van der Waals surface area contributed by atoms with Crippen LogP contribution in [-0.2, 0) is 8.85 Å². The van der Waals surface area contributed by atoms with E-state index < -0.39 is 16.6 Å². The van der Waals surface area contributed by atoms with E-state index in [9.17, 15) is 5.11 Å². The molecule has 0 aromatic carbocycles. The average Bonchev–Trinajstić information content (AvgIpc) is 3.60. The first-order chi connectivity index (χ1) is 21.7. The highest BCUT2D eigenvalue weighted by Gasteiger charge is 2.50. The minimum Gasteiger partial charge on any atom is -0.413 e. The van der Waals surface area contributed by atoms with Gasteiger partial charge in [-0.1, -0.05) is 98.6 Å². The van der Waals surface area contributed by atoms with Gasteiger partial charge in [-0.15, -0.1) is 11.3 Å². The highest BCUT2D eigenvalue weighted by Crippen LogP contribution is 2.60. The molecule has 0 amide bonds. The summed E-state index contributed by atoms with van der Waals surface area (Å²) < 4.78 is 14.2.